The highest BCUT2D eigenvalue weighted by molar-refractivity contribution is 5.79. The standard InChI is InChI=1S/C66H114N10O28/c1-5-6-16-53(89)76-66(38-96-32-20-50(86)70-26-13-23-67-47(83)17-7-10-29-99-63-54(73-41(2)80)60(93)57(90)44(35-77)102-63,39-97-33-21-51(87)71-27-14-24-68-48(84)18-8-11-30-100-64-55(74-42(3)81)61(94)58(91)45(36-78)103-64)40-98-34-22-52(88)72-28-15-25-69-49(85)19-9-12-31-101-65-56(75-43(4)82)62(95)59(92)46(37-79)104-65/h1,44-46,54-65,77-79,90-95H,6-40H2,2-4H3,(H,67,83)(H,68,84)(H,69,85)(H,70,86)(H,71,87)(H,72,88)(H,73,80)(H,74,81)(H,75,82)(H,76,89)/t44-,45-,46-,54-,55-,56-,57+,58+,59+,60-,61-,62-,63-,64-,65-/m1/s1. The third kappa shape index (κ3) is 36.7. The van der Waals surface area contributed by atoms with E-state index in [0.29, 0.717) is 57.8 Å². The van der Waals surface area contributed by atoms with Crippen molar-refractivity contribution < 1.29 is 137 Å². The van der Waals surface area contributed by atoms with Crippen LogP contribution in [0.15, 0.2) is 0 Å². The lowest BCUT2D eigenvalue weighted by Crippen LogP contribution is -2.64. The Bertz CT molecular complexity index is 2370. The van der Waals surface area contributed by atoms with Crippen LogP contribution in [0.4, 0.5) is 0 Å². The van der Waals surface area contributed by atoms with Crippen molar-refractivity contribution in [2.24, 2.45) is 0 Å². The van der Waals surface area contributed by atoms with Gasteiger partial charge in [-0.2, -0.15) is 0 Å². The molecule has 3 rings (SSSR count). The molecule has 0 spiro atoms. The van der Waals surface area contributed by atoms with Gasteiger partial charge in [-0.15, -0.1) is 12.3 Å². The topological polar surface area (TPSA) is 556 Å². The van der Waals surface area contributed by atoms with E-state index in [0.717, 1.165) is 0 Å². The van der Waals surface area contributed by atoms with E-state index in [1.165, 1.54) is 20.8 Å². The molecule has 19 N–H and O–H groups in total. The molecule has 15 atom stereocenters. The maximum absolute atomic E-state index is 13.3. The lowest BCUT2D eigenvalue weighted by atomic mass is 9.97. The predicted molar refractivity (Wildman–Crippen MR) is 363 cm³/mol. The minimum atomic E-state index is -1.46. The van der Waals surface area contributed by atoms with Crippen LogP contribution in [0.25, 0.3) is 0 Å². The maximum atomic E-state index is 13.3. The van der Waals surface area contributed by atoms with Crippen LogP contribution in [-0.2, 0) is 90.6 Å². The fraction of sp³-hybridized carbons (Fsp3) is 0.818. The molecule has 38 heteroatoms. The van der Waals surface area contributed by atoms with Gasteiger partial charge >= 0.3 is 0 Å². The summed E-state index contributed by atoms with van der Waals surface area (Å²) in [5, 5.41) is 118. The van der Waals surface area contributed by atoms with Gasteiger partial charge in [0.1, 0.15) is 78.6 Å². The van der Waals surface area contributed by atoms with Crippen LogP contribution in [0, 0.1) is 12.3 Å². The smallest absolute Gasteiger partial charge is 0.222 e. The highest BCUT2D eigenvalue weighted by Gasteiger charge is 2.48. The first-order valence-electron chi connectivity index (χ1n) is 35.4. The molecule has 0 aromatic heterocycles. The van der Waals surface area contributed by atoms with E-state index in [-0.39, 0.29) is 186 Å². The molecule has 3 fully saturated rings. The highest BCUT2D eigenvalue weighted by Crippen LogP contribution is 2.26. The molecule has 596 valence electrons. The fourth-order valence-electron chi connectivity index (χ4n) is 10.8. The predicted octanol–water partition coefficient (Wildman–Crippen LogP) is -7.27. The summed E-state index contributed by atoms with van der Waals surface area (Å²) in [6, 6.07) is -3.27. The van der Waals surface area contributed by atoms with Crippen LogP contribution < -0.4 is 53.2 Å². The van der Waals surface area contributed by atoms with Crippen molar-refractivity contribution in [2.75, 3.05) is 119 Å². The number of terminal acetylenes is 1. The third-order valence-electron chi connectivity index (χ3n) is 16.4. The summed E-state index contributed by atoms with van der Waals surface area (Å²) >= 11 is 0. The monoisotopic (exact) mass is 1490 g/mol. The Balaban J connectivity index is 1.46. The van der Waals surface area contributed by atoms with Gasteiger partial charge in [0.05, 0.1) is 59.5 Å². The molecule has 0 aromatic rings. The second kappa shape index (κ2) is 52.5. The summed E-state index contributed by atoms with van der Waals surface area (Å²) in [6.07, 6.45) is -6.49. The van der Waals surface area contributed by atoms with E-state index in [1.807, 2.05) is 0 Å². The summed E-state index contributed by atoms with van der Waals surface area (Å²) in [6.45, 7) is 2.29. The van der Waals surface area contributed by atoms with Crippen LogP contribution in [0.5, 0.6) is 0 Å². The van der Waals surface area contributed by atoms with Crippen molar-refractivity contribution in [3.63, 3.8) is 0 Å². The molecule has 3 aliphatic rings. The number of nitrogens with one attached hydrogen (secondary N) is 10. The number of carbonyl (C=O) groups excluding carboxylic acids is 10. The number of aliphatic hydroxyl groups is 9. The lowest BCUT2D eigenvalue weighted by Gasteiger charge is -2.42. The number of hydrogen-bond donors (Lipinski definition) is 19. The Morgan fingerprint density at radius 2 is 0.635 bits per heavy atom. The fourth-order valence-corrected chi connectivity index (χ4v) is 10.8. The average molecular weight is 1500 g/mol. The molecule has 0 unspecified atom stereocenters. The van der Waals surface area contributed by atoms with Crippen LogP contribution in [0.3, 0.4) is 0 Å². The zero-order valence-corrected chi connectivity index (χ0v) is 59.8. The zero-order chi connectivity index (χ0) is 76.8. The number of aliphatic hydroxyl groups excluding tert-OH is 9. The minimum absolute atomic E-state index is 0.0794. The van der Waals surface area contributed by atoms with E-state index in [2.05, 4.69) is 59.1 Å². The van der Waals surface area contributed by atoms with Gasteiger partial charge in [-0.3, -0.25) is 47.9 Å². The van der Waals surface area contributed by atoms with E-state index in [4.69, 9.17) is 49.1 Å². The Morgan fingerprint density at radius 3 is 0.885 bits per heavy atom. The van der Waals surface area contributed by atoms with Gasteiger partial charge in [-0.05, 0) is 57.8 Å². The van der Waals surface area contributed by atoms with Crippen molar-refractivity contribution in [3.8, 4) is 12.3 Å². The van der Waals surface area contributed by atoms with Crippen LogP contribution in [-0.4, -0.2) is 321 Å². The van der Waals surface area contributed by atoms with Crippen molar-refractivity contribution in [2.45, 2.75) is 227 Å². The molecule has 0 aromatic carbocycles. The number of unbranched alkanes of at least 4 members (excludes halogenated alkanes) is 3. The quantitative estimate of drug-likeness (QED) is 0.0199. The van der Waals surface area contributed by atoms with Crippen molar-refractivity contribution >= 4 is 59.1 Å². The van der Waals surface area contributed by atoms with Crippen molar-refractivity contribution in [1.29, 1.82) is 0 Å². The molecule has 104 heavy (non-hydrogen) atoms. The SMILES string of the molecule is C#CCCC(=O)NC(COCCC(=O)NCCCNC(=O)CCCCO[C@@H]1O[C@H](CO)[C@H](O)[C@H](O)[C@H]1NC(C)=O)(COCCC(=O)NCCCNC(=O)CCCCO[C@@H]1O[C@H](CO)[C@H](O)[C@H](O)[C@H]1NC(C)=O)COCCC(=O)NCCCNC(=O)CCCCO[C@@H]1O[C@H](CO)[C@H](O)[C@H](O)[C@H]1NC(C)=O. The second-order valence-corrected chi connectivity index (χ2v) is 25.4. The first kappa shape index (κ1) is 91.7. The van der Waals surface area contributed by atoms with Gasteiger partial charge in [-0.25, -0.2) is 0 Å². The van der Waals surface area contributed by atoms with E-state index in [9.17, 15) is 93.9 Å². The van der Waals surface area contributed by atoms with Gasteiger partial charge in [0.2, 0.25) is 59.1 Å². The molecule has 3 heterocycles. The number of ether oxygens (including phenoxy) is 9. The first-order chi connectivity index (χ1) is 49.8. The molecule has 3 aliphatic heterocycles. The molecule has 0 radical (unpaired) electrons. The molecule has 0 aliphatic carbocycles. The molecule has 0 saturated carbocycles. The molecule has 3 saturated heterocycles. The number of hydrogen-bond acceptors (Lipinski definition) is 28. The van der Waals surface area contributed by atoms with Gasteiger partial charge in [0, 0.05) is 131 Å². The Morgan fingerprint density at radius 1 is 0.365 bits per heavy atom. The van der Waals surface area contributed by atoms with Gasteiger partial charge in [-0.1, -0.05) is 0 Å². The van der Waals surface area contributed by atoms with Crippen molar-refractivity contribution in [1.82, 2.24) is 53.2 Å². The van der Waals surface area contributed by atoms with Crippen LogP contribution in [0.2, 0.25) is 0 Å². The van der Waals surface area contributed by atoms with Gasteiger partial charge < -0.3 is 142 Å². The van der Waals surface area contributed by atoms with Crippen LogP contribution >= 0.6 is 0 Å². The number of amides is 10. The number of rotatable bonds is 54. The average Bonchev–Trinajstić information content (AvgIpc) is 0.819. The Hall–Kier alpha value is -6.46. The Kier molecular flexibility index (Phi) is 46.3. The zero-order valence-electron chi connectivity index (χ0n) is 59.8. The molecule has 0 bridgehead atoms. The molecule has 10 amide bonds. The van der Waals surface area contributed by atoms with Crippen molar-refractivity contribution in [3.05, 3.63) is 0 Å². The normalized spacial score (nSPS) is 24.5. The maximum Gasteiger partial charge on any atom is 0.222 e. The largest absolute Gasteiger partial charge is 0.394 e. The summed E-state index contributed by atoms with van der Waals surface area (Å²) in [4.78, 5) is 125. The van der Waals surface area contributed by atoms with E-state index in [1.54, 1.807) is 0 Å². The molecular weight excluding hydrogens is 1380 g/mol. The molecular formula is C66H114N10O28. The summed E-state index contributed by atoms with van der Waals surface area (Å²) < 4.78 is 51.6. The van der Waals surface area contributed by atoms with Gasteiger partial charge in [0.15, 0.2) is 18.9 Å². The second-order valence-electron chi connectivity index (χ2n) is 25.4. The highest BCUT2D eigenvalue weighted by atomic mass is 16.7. The van der Waals surface area contributed by atoms with Crippen LogP contribution in [0.1, 0.15) is 130 Å². The van der Waals surface area contributed by atoms with E-state index < -0.39 is 141 Å². The lowest BCUT2D eigenvalue weighted by molar-refractivity contribution is -0.270. The number of carbonyl (C=O) groups is 10. The summed E-state index contributed by atoms with van der Waals surface area (Å²) in [5.74, 6) is -1.47. The summed E-state index contributed by atoms with van der Waals surface area (Å²) in [7, 11) is 0. The Labute approximate surface area is 605 Å². The minimum Gasteiger partial charge on any atom is -0.394 e. The first-order valence-corrected chi connectivity index (χ1v) is 35.4. The third-order valence-corrected chi connectivity index (χ3v) is 16.4. The molecule has 38 nitrogen and oxygen atoms in total. The van der Waals surface area contributed by atoms with E-state index >= 15 is 0 Å². The van der Waals surface area contributed by atoms with Gasteiger partial charge in [0.25, 0.3) is 0 Å². The summed E-state index contributed by atoms with van der Waals surface area (Å²) in [5.41, 5.74) is -1.44.